The molecule has 140 valence electrons. The van der Waals surface area contributed by atoms with Gasteiger partial charge in [-0.05, 0) is 42.0 Å². The Morgan fingerprint density at radius 1 is 1.04 bits per heavy atom. The summed E-state index contributed by atoms with van der Waals surface area (Å²) in [4.78, 5) is 14.8. The molecule has 1 heterocycles. The number of hydrogen-bond acceptors (Lipinski definition) is 2. The van der Waals surface area contributed by atoms with Crippen LogP contribution in [0.1, 0.15) is 21.6 Å². The van der Waals surface area contributed by atoms with E-state index in [1.165, 1.54) is 5.56 Å². The third-order valence-corrected chi connectivity index (χ3v) is 4.94. The zero-order valence-corrected chi connectivity index (χ0v) is 16.9. The van der Waals surface area contributed by atoms with Crippen LogP contribution in [0.25, 0.3) is 0 Å². The lowest BCUT2D eigenvalue weighted by molar-refractivity contribution is 0.0676. The first-order chi connectivity index (χ1) is 13.2. The summed E-state index contributed by atoms with van der Waals surface area (Å²) < 4.78 is 8.36. The van der Waals surface area contributed by atoms with E-state index in [0.29, 0.717) is 25.3 Å². The molecule has 2 aromatic carbocycles. The highest BCUT2D eigenvalue weighted by Crippen LogP contribution is 2.15. The third-order valence-electron chi connectivity index (χ3n) is 4.42. The Balaban J connectivity index is 1.78. The standard InChI is InChI=1S/C22H23BrN2O2/c1-27-15-14-25(22(26)19-9-11-20(23)12-10-19)17-21-8-5-13-24(21)16-18-6-3-2-4-7-18/h2-13H,14-17H2,1H3. The molecule has 3 aromatic rings. The van der Waals surface area contributed by atoms with Crippen molar-refractivity contribution in [3.05, 3.63) is 94.2 Å². The van der Waals surface area contributed by atoms with E-state index in [0.717, 1.165) is 16.7 Å². The van der Waals surface area contributed by atoms with Gasteiger partial charge in [-0.25, -0.2) is 0 Å². The first-order valence-electron chi connectivity index (χ1n) is 8.89. The molecule has 0 atom stereocenters. The molecule has 0 aliphatic carbocycles. The fourth-order valence-corrected chi connectivity index (χ4v) is 3.22. The third kappa shape index (κ3) is 5.31. The minimum atomic E-state index is 0.00649. The second-order valence-corrected chi connectivity index (χ2v) is 7.26. The second kappa shape index (κ2) is 9.53. The van der Waals surface area contributed by atoms with Gasteiger partial charge in [0.25, 0.3) is 5.91 Å². The Labute approximate surface area is 168 Å². The predicted octanol–water partition coefficient (Wildman–Crippen LogP) is 4.59. The van der Waals surface area contributed by atoms with Crippen LogP contribution in [-0.2, 0) is 17.8 Å². The van der Waals surface area contributed by atoms with E-state index in [1.54, 1.807) is 7.11 Å². The lowest BCUT2D eigenvalue weighted by atomic mass is 10.2. The molecule has 0 spiro atoms. The number of methoxy groups -OCH3 is 1. The molecule has 5 heteroatoms. The summed E-state index contributed by atoms with van der Waals surface area (Å²) in [5.74, 6) is 0.00649. The Morgan fingerprint density at radius 2 is 1.78 bits per heavy atom. The summed E-state index contributed by atoms with van der Waals surface area (Å²) in [5.41, 5.74) is 3.01. The van der Waals surface area contributed by atoms with Gasteiger partial charge in [-0.2, -0.15) is 0 Å². The number of carbonyl (C=O) groups excluding carboxylic acids is 1. The average molecular weight is 427 g/mol. The van der Waals surface area contributed by atoms with Crippen LogP contribution in [0.15, 0.2) is 77.4 Å². The number of nitrogens with zero attached hydrogens (tertiary/aromatic N) is 2. The number of carbonyl (C=O) groups is 1. The van der Waals surface area contributed by atoms with Gasteiger partial charge in [-0.15, -0.1) is 0 Å². The highest BCUT2D eigenvalue weighted by atomic mass is 79.9. The molecule has 0 unspecified atom stereocenters. The van der Waals surface area contributed by atoms with Crippen LogP contribution in [-0.4, -0.2) is 35.6 Å². The van der Waals surface area contributed by atoms with Crippen molar-refractivity contribution in [1.82, 2.24) is 9.47 Å². The van der Waals surface area contributed by atoms with E-state index in [2.05, 4.69) is 44.9 Å². The molecule has 1 aromatic heterocycles. The molecule has 0 aliphatic heterocycles. The SMILES string of the molecule is COCCN(Cc1cccn1Cc1ccccc1)C(=O)c1ccc(Br)cc1. The molecule has 0 saturated heterocycles. The van der Waals surface area contributed by atoms with Crippen LogP contribution >= 0.6 is 15.9 Å². The van der Waals surface area contributed by atoms with Crippen molar-refractivity contribution in [2.24, 2.45) is 0 Å². The molecule has 0 aliphatic rings. The molecule has 3 rings (SSSR count). The average Bonchev–Trinajstić information content (AvgIpc) is 3.12. The minimum absolute atomic E-state index is 0.00649. The van der Waals surface area contributed by atoms with Crippen molar-refractivity contribution < 1.29 is 9.53 Å². The zero-order valence-electron chi connectivity index (χ0n) is 15.3. The molecule has 0 bridgehead atoms. The number of halogens is 1. The van der Waals surface area contributed by atoms with Gasteiger partial charge in [0.15, 0.2) is 0 Å². The van der Waals surface area contributed by atoms with Crippen LogP contribution in [0.5, 0.6) is 0 Å². The molecule has 27 heavy (non-hydrogen) atoms. The van der Waals surface area contributed by atoms with Crippen molar-refractivity contribution in [3.8, 4) is 0 Å². The summed E-state index contributed by atoms with van der Waals surface area (Å²) in [6.45, 7) is 2.37. The van der Waals surface area contributed by atoms with Crippen molar-refractivity contribution in [1.29, 1.82) is 0 Å². The molecule has 4 nitrogen and oxygen atoms in total. The molecule has 0 radical (unpaired) electrons. The van der Waals surface area contributed by atoms with Crippen molar-refractivity contribution in [2.75, 3.05) is 20.3 Å². The molecule has 0 saturated carbocycles. The highest BCUT2D eigenvalue weighted by molar-refractivity contribution is 9.10. The van der Waals surface area contributed by atoms with E-state index >= 15 is 0 Å². The van der Waals surface area contributed by atoms with Crippen LogP contribution in [0.4, 0.5) is 0 Å². The maximum absolute atomic E-state index is 13.0. The Morgan fingerprint density at radius 3 is 2.48 bits per heavy atom. The number of amides is 1. The van der Waals surface area contributed by atoms with Gasteiger partial charge in [0.2, 0.25) is 0 Å². The second-order valence-electron chi connectivity index (χ2n) is 6.34. The maximum Gasteiger partial charge on any atom is 0.254 e. The summed E-state index contributed by atoms with van der Waals surface area (Å²) >= 11 is 3.41. The van der Waals surface area contributed by atoms with E-state index in [1.807, 2.05) is 53.4 Å². The van der Waals surface area contributed by atoms with Crippen molar-refractivity contribution >= 4 is 21.8 Å². The van der Waals surface area contributed by atoms with Crippen molar-refractivity contribution in [2.45, 2.75) is 13.1 Å². The van der Waals surface area contributed by atoms with Crippen LogP contribution in [0.2, 0.25) is 0 Å². The molecule has 0 N–H and O–H groups in total. The fraction of sp³-hybridized carbons (Fsp3) is 0.227. The normalized spacial score (nSPS) is 10.7. The fourth-order valence-electron chi connectivity index (χ4n) is 2.95. The van der Waals surface area contributed by atoms with Crippen molar-refractivity contribution in [3.63, 3.8) is 0 Å². The number of rotatable bonds is 8. The predicted molar refractivity (Wildman–Crippen MR) is 111 cm³/mol. The Kier molecular flexibility index (Phi) is 6.85. The first-order valence-corrected chi connectivity index (χ1v) is 9.68. The van der Waals surface area contributed by atoms with Gasteiger partial charge in [0, 0.05) is 42.1 Å². The van der Waals surface area contributed by atoms with E-state index in [-0.39, 0.29) is 5.91 Å². The van der Waals surface area contributed by atoms with Crippen LogP contribution < -0.4 is 0 Å². The van der Waals surface area contributed by atoms with E-state index < -0.39 is 0 Å². The van der Waals surface area contributed by atoms with Crippen LogP contribution in [0.3, 0.4) is 0 Å². The summed E-state index contributed by atoms with van der Waals surface area (Å²) in [7, 11) is 1.65. The number of ether oxygens (including phenoxy) is 1. The Bertz CT molecular complexity index is 860. The van der Waals surface area contributed by atoms with Gasteiger partial charge in [-0.1, -0.05) is 46.3 Å². The van der Waals surface area contributed by atoms with Crippen LogP contribution in [0, 0.1) is 0 Å². The lowest BCUT2D eigenvalue weighted by Gasteiger charge is -2.23. The first kappa shape index (κ1) is 19.4. The van der Waals surface area contributed by atoms with Gasteiger partial charge in [-0.3, -0.25) is 4.79 Å². The number of aromatic nitrogens is 1. The maximum atomic E-state index is 13.0. The summed E-state index contributed by atoms with van der Waals surface area (Å²) in [6.07, 6.45) is 2.06. The highest BCUT2D eigenvalue weighted by Gasteiger charge is 2.17. The van der Waals surface area contributed by atoms with Gasteiger partial charge >= 0.3 is 0 Å². The molecule has 1 amide bonds. The summed E-state index contributed by atoms with van der Waals surface area (Å²) in [5, 5.41) is 0. The minimum Gasteiger partial charge on any atom is -0.383 e. The van der Waals surface area contributed by atoms with Gasteiger partial charge in [0.05, 0.1) is 13.2 Å². The Hall–Kier alpha value is -2.37. The number of hydrogen-bond donors (Lipinski definition) is 0. The van der Waals surface area contributed by atoms with Gasteiger partial charge < -0.3 is 14.2 Å². The molecular weight excluding hydrogens is 404 g/mol. The zero-order chi connectivity index (χ0) is 19.1. The molecule has 0 fully saturated rings. The monoisotopic (exact) mass is 426 g/mol. The summed E-state index contributed by atoms with van der Waals surface area (Å²) in [6, 6.07) is 21.9. The van der Waals surface area contributed by atoms with E-state index in [4.69, 9.17) is 4.74 Å². The van der Waals surface area contributed by atoms with Gasteiger partial charge in [0.1, 0.15) is 0 Å². The molecular formula is C22H23BrN2O2. The van der Waals surface area contributed by atoms with E-state index in [9.17, 15) is 4.79 Å². The number of benzene rings is 2. The topological polar surface area (TPSA) is 34.5 Å². The lowest BCUT2D eigenvalue weighted by Crippen LogP contribution is -2.34. The quantitative estimate of drug-likeness (QED) is 0.527. The smallest absolute Gasteiger partial charge is 0.254 e. The largest absolute Gasteiger partial charge is 0.383 e.